The summed E-state index contributed by atoms with van der Waals surface area (Å²) in [5.74, 6) is 2.20. The summed E-state index contributed by atoms with van der Waals surface area (Å²) in [4.78, 5) is 15.7. The molecule has 0 saturated carbocycles. The van der Waals surface area contributed by atoms with Crippen molar-refractivity contribution in [3.05, 3.63) is 33.7 Å². The number of rotatable bonds is 4. The lowest BCUT2D eigenvalue weighted by atomic mass is 10.2. The van der Waals surface area contributed by atoms with Crippen molar-refractivity contribution in [1.29, 1.82) is 0 Å². The molecule has 0 saturated heterocycles. The summed E-state index contributed by atoms with van der Waals surface area (Å²) in [6, 6.07) is 2.02. The first-order chi connectivity index (χ1) is 8.95. The summed E-state index contributed by atoms with van der Waals surface area (Å²) in [5.41, 5.74) is 2.09. The zero-order chi connectivity index (χ0) is 14.0. The predicted molar refractivity (Wildman–Crippen MR) is 79.8 cm³/mol. The van der Waals surface area contributed by atoms with Crippen LogP contribution in [0, 0.1) is 13.8 Å². The van der Waals surface area contributed by atoms with E-state index in [9.17, 15) is 0 Å². The van der Waals surface area contributed by atoms with Gasteiger partial charge in [-0.05, 0) is 13.8 Å². The molecule has 0 spiro atoms. The molecular formula is C14H20N4S. The van der Waals surface area contributed by atoms with Crippen molar-refractivity contribution in [3.8, 4) is 0 Å². The van der Waals surface area contributed by atoms with Gasteiger partial charge in [0, 0.05) is 35.8 Å². The normalized spacial score (nSPS) is 11.1. The quantitative estimate of drug-likeness (QED) is 0.859. The second-order valence-electron chi connectivity index (χ2n) is 5.12. The van der Waals surface area contributed by atoms with Gasteiger partial charge < -0.3 is 4.90 Å². The Balaban J connectivity index is 2.20. The highest BCUT2D eigenvalue weighted by atomic mass is 32.1. The van der Waals surface area contributed by atoms with E-state index in [4.69, 9.17) is 0 Å². The van der Waals surface area contributed by atoms with Crippen LogP contribution in [-0.4, -0.2) is 22.0 Å². The maximum Gasteiger partial charge on any atom is 0.133 e. The molecule has 0 unspecified atom stereocenters. The summed E-state index contributed by atoms with van der Waals surface area (Å²) >= 11 is 1.69. The summed E-state index contributed by atoms with van der Waals surface area (Å²) < 4.78 is 0. The minimum absolute atomic E-state index is 0.342. The second-order valence-corrected chi connectivity index (χ2v) is 6.06. The van der Waals surface area contributed by atoms with E-state index in [0.29, 0.717) is 5.92 Å². The molecule has 19 heavy (non-hydrogen) atoms. The molecule has 0 atom stereocenters. The molecule has 4 nitrogen and oxygen atoms in total. The maximum absolute atomic E-state index is 4.63. The molecule has 2 aromatic heterocycles. The molecule has 0 aliphatic heterocycles. The third-order valence-electron chi connectivity index (χ3n) is 2.80. The first-order valence-corrected chi connectivity index (χ1v) is 7.31. The van der Waals surface area contributed by atoms with Gasteiger partial charge in [0.05, 0.1) is 6.54 Å². The Bertz CT molecular complexity index is 562. The third-order valence-corrected chi connectivity index (χ3v) is 3.76. The van der Waals surface area contributed by atoms with Crippen molar-refractivity contribution in [3.63, 3.8) is 0 Å². The summed E-state index contributed by atoms with van der Waals surface area (Å²) in [6.07, 6.45) is 0. The van der Waals surface area contributed by atoms with Gasteiger partial charge in [-0.3, -0.25) is 0 Å². The fourth-order valence-electron chi connectivity index (χ4n) is 1.79. The van der Waals surface area contributed by atoms with Crippen molar-refractivity contribution in [2.24, 2.45) is 0 Å². The highest BCUT2D eigenvalue weighted by Crippen LogP contribution is 2.19. The van der Waals surface area contributed by atoms with Crippen LogP contribution in [0.2, 0.25) is 0 Å². The molecule has 2 rings (SSSR count). The number of thiazole rings is 1. The molecule has 2 heterocycles. The maximum atomic E-state index is 4.63. The number of aromatic nitrogens is 3. The summed E-state index contributed by atoms with van der Waals surface area (Å²) in [5, 5.41) is 3.19. The molecule has 0 bridgehead atoms. The molecule has 0 aromatic carbocycles. The van der Waals surface area contributed by atoms with Gasteiger partial charge in [-0.1, -0.05) is 13.8 Å². The van der Waals surface area contributed by atoms with E-state index in [0.717, 1.165) is 34.6 Å². The van der Waals surface area contributed by atoms with Crippen LogP contribution in [0.4, 0.5) is 5.82 Å². The Labute approximate surface area is 118 Å². The fourth-order valence-corrected chi connectivity index (χ4v) is 2.61. The topological polar surface area (TPSA) is 41.9 Å². The lowest BCUT2D eigenvalue weighted by molar-refractivity contribution is 0.754. The SMILES string of the molecule is Cc1cc(N(C)Cc2nc(C)cs2)nc(C(C)C)n1. The van der Waals surface area contributed by atoms with Crippen LogP contribution >= 0.6 is 11.3 Å². The first kappa shape index (κ1) is 13.9. The third kappa shape index (κ3) is 3.50. The molecule has 0 fully saturated rings. The van der Waals surface area contributed by atoms with Crippen LogP contribution in [0.15, 0.2) is 11.4 Å². The Kier molecular flexibility index (Phi) is 4.14. The largest absolute Gasteiger partial charge is 0.353 e. The van der Waals surface area contributed by atoms with Crippen molar-refractivity contribution < 1.29 is 0 Å². The molecule has 0 amide bonds. The van der Waals surface area contributed by atoms with Gasteiger partial charge in [-0.25, -0.2) is 15.0 Å². The highest BCUT2D eigenvalue weighted by Gasteiger charge is 2.11. The van der Waals surface area contributed by atoms with Gasteiger partial charge in [0.25, 0.3) is 0 Å². The fraction of sp³-hybridized carbons (Fsp3) is 0.500. The number of hydrogen-bond acceptors (Lipinski definition) is 5. The minimum atomic E-state index is 0.342. The summed E-state index contributed by atoms with van der Waals surface area (Å²) in [7, 11) is 2.04. The monoisotopic (exact) mass is 276 g/mol. The van der Waals surface area contributed by atoms with Gasteiger partial charge >= 0.3 is 0 Å². The minimum Gasteiger partial charge on any atom is -0.353 e. The zero-order valence-electron chi connectivity index (χ0n) is 12.1. The average molecular weight is 276 g/mol. The smallest absolute Gasteiger partial charge is 0.133 e. The first-order valence-electron chi connectivity index (χ1n) is 6.43. The van der Waals surface area contributed by atoms with E-state index in [1.807, 2.05) is 27.0 Å². The number of nitrogens with zero attached hydrogens (tertiary/aromatic N) is 4. The van der Waals surface area contributed by atoms with E-state index in [2.05, 4.69) is 39.1 Å². The molecule has 5 heteroatoms. The van der Waals surface area contributed by atoms with E-state index in [1.54, 1.807) is 11.3 Å². The Morgan fingerprint density at radius 3 is 2.47 bits per heavy atom. The lowest BCUT2D eigenvalue weighted by Gasteiger charge is -2.18. The highest BCUT2D eigenvalue weighted by molar-refractivity contribution is 7.09. The predicted octanol–water partition coefficient (Wildman–Crippen LogP) is 3.31. The Hall–Kier alpha value is -1.49. The zero-order valence-corrected chi connectivity index (χ0v) is 13.0. The Morgan fingerprint density at radius 2 is 1.89 bits per heavy atom. The van der Waals surface area contributed by atoms with Crippen LogP contribution in [0.25, 0.3) is 0 Å². The van der Waals surface area contributed by atoms with Gasteiger partial charge in [0.2, 0.25) is 0 Å². The average Bonchev–Trinajstić information content (AvgIpc) is 2.73. The van der Waals surface area contributed by atoms with Crippen molar-refractivity contribution in [2.75, 3.05) is 11.9 Å². The van der Waals surface area contributed by atoms with Crippen LogP contribution in [0.3, 0.4) is 0 Å². The van der Waals surface area contributed by atoms with Crippen LogP contribution < -0.4 is 4.90 Å². The second kappa shape index (κ2) is 5.65. The molecule has 102 valence electrons. The number of aryl methyl sites for hydroxylation is 2. The van der Waals surface area contributed by atoms with Gasteiger partial charge in [-0.15, -0.1) is 11.3 Å². The molecule has 0 aliphatic rings. The van der Waals surface area contributed by atoms with E-state index in [-0.39, 0.29) is 0 Å². The molecule has 0 N–H and O–H groups in total. The molecule has 2 aromatic rings. The van der Waals surface area contributed by atoms with Gasteiger partial charge in [-0.2, -0.15) is 0 Å². The summed E-state index contributed by atoms with van der Waals surface area (Å²) in [6.45, 7) is 9.04. The van der Waals surface area contributed by atoms with Crippen molar-refractivity contribution in [1.82, 2.24) is 15.0 Å². The van der Waals surface area contributed by atoms with Crippen molar-refractivity contribution >= 4 is 17.2 Å². The number of anilines is 1. The van der Waals surface area contributed by atoms with Crippen LogP contribution in [0.5, 0.6) is 0 Å². The number of hydrogen-bond donors (Lipinski definition) is 0. The van der Waals surface area contributed by atoms with Gasteiger partial charge in [0.15, 0.2) is 0 Å². The van der Waals surface area contributed by atoms with E-state index >= 15 is 0 Å². The van der Waals surface area contributed by atoms with Crippen molar-refractivity contribution in [2.45, 2.75) is 40.2 Å². The Morgan fingerprint density at radius 1 is 1.16 bits per heavy atom. The molecular weight excluding hydrogens is 256 g/mol. The van der Waals surface area contributed by atoms with E-state index < -0.39 is 0 Å². The van der Waals surface area contributed by atoms with Gasteiger partial charge in [0.1, 0.15) is 16.6 Å². The standard InChI is InChI=1S/C14H20N4S/c1-9(2)14-16-10(3)6-12(17-14)18(5)7-13-15-11(4)8-19-13/h6,8-9H,7H2,1-5H3. The van der Waals surface area contributed by atoms with Crippen LogP contribution in [0.1, 0.15) is 42.0 Å². The van der Waals surface area contributed by atoms with Crippen LogP contribution in [-0.2, 0) is 6.54 Å². The lowest BCUT2D eigenvalue weighted by Crippen LogP contribution is -2.19. The molecule has 0 aliphatic carbocycles. The van der Waals surface area contributed by atoms with E-state index in [1.165, 1.54) is 0 Å². The molecule has 0 radical (unpaired) electrons.